The summed E-state index contributed by atoms with van der Waals surface area (Å²) in [5, 5.41) is 2.85. The monoisotopic (exact) mass is 524 g/mol. The van der Waals surface area contributed by atoms with Gasteiger partial charge in [-0.2, -0.15) is 0 Å². The molecule has 1 aromatic heterocycles. The van der Waals surface area contributed by atoms with E-state index in [1.807, 2.05) is 43.9 Å². The number of hydrogen-bond donors (Lipinski definition) is 2. The predicted octanol–water partition coefficient (Wildman–Crippen LogP) is 4.66. The highest BCUT2D eigenvalue weighted by molar-refractivity contribution is 5.87. The van der Waals surface area contributed by atoms with E-state index in [2.05, 4.69) is 22.2 Å². The lowest BCUT2D eigenvalue weighted by Gasteiger charge is -2.34. The number of aromatic amines is 1. The summed E-state index contributed by atoms with van der Waals surface area (Å²) in [7, 11) is 1.58. The van der Waals surface area contributed by atoms with Gasteiger partial charge >= 0.3 is 6.09 Å². The molecule has 4 atom stereocenters. The Bertz CT molecular complexity index is 1250. The topological polar surface area (TPSA) is 114 Å². The number of nitrogens with zero attached hydrogens (tertiary/aromatic N) is 2. The normalized spacial score (nSPS) is 22.0. The molecule has 2 heterocycles. The zero-order valence-corrected chi connectivity index (χ0v) is 23.1. The molecule has 0 bridgehead atoms. The minimum Gasteiger partial charge on any atom is -0.497 e. The number of likely N-dealkylation sites (tertiary alicyclic amines) is 1. The van der Waals surface area contributed by atoms with Crippen molar-refractivity contribution in [1.29, 1.82) is 0 Å². The molecule has 2 fully saturated rings. The van der Waals surface area contributed by atoms with Crippen LogP contribution in [0.2, 0.25) is 0 Å². The maximum absolute atomic E-state index is 13.1. The average Bonchev–Trinajstić information content (AvgIpc) is 3.45. The Morgan fingerprint density at radius 3 is 2.79 bits per heavy atom. The molecule has 206 valence electrons. The SMILES string of the molecule is COc1ccc2nc(/C=C/CCC[C@@H]3C[C@H]3OC(=O)N[C@H](C(=O)N3CCC[C@H]3C)C(C)(C)C)c(=O)[nH]c2c1. The lowest BCUT2D eigenvalue weighted by atomic mass is 9.85. The largest absolute Gasteiger partial charge is 0.497 e. The Labute approximate surface area is 224 Å². The molecule has 2 aliphatic rings. The number of unbranched alkanes of at least 4 members (excludes halogenated alkanes) is 1. The van der Waals surface area contributed by atoms with Crippen LogP contribution in [0.4, 0.5) is 4.79 Å². The number of rotatable bonds is 9. The van der Waals surface area contributed by atoms with Crippen molar-refractivity contribution in [1.82, 2.24) is 20.2 Å². The van der Waals surface area contributed by atoms with Crippen molar-refractivity contribution in [2.24, 2.45) is 11.3 Å². The molecule has 1 aromatic carbocycles. The summed E-state index contributed by atoms with van der Waals surface area (Å²) in [6, 6.07) is 4.96. The number of benzene rings is 1. The lowest BCUT2D eigenvalue weighted by molar-refractivity contribution is -0.136. The van der Waals surface area contributed by atoms with Gasteiger partial charge in [-0.1, -0.05) is 26.8 Å². The number of allylic oxidation sites excluding steroid dienone is 1. The van der Waals surface area contributed by atoms with E-state index in [-0.39, 0.29) is 23.6 Å². The van der Waals surface area contributed by atoms with Crippen LogP contribution in [0.15, 0.2) is 29.1 Å². The van der Waals surface area contributed by atoms with Gasteiger partial charge in [0.05, 0.1) is 18.1 Å². The number of hydrogen-bond acceptors (Lipinski definition) is 6. The molecule has 2 aromatic rings. The van der Waals surface area contributed by atoms with Crippen molar-refractivity contribution in [3.63, 3.8) is 0 Å². The smallest absolute Gasteiger partial charge is 0.408 e. The second kappa shape index (κ2) is 11.6. The summed E-state index contributed by atoms with van der Waals surface area (Å²) in [4.78, 5) is 47.3. The molecule has 1 saturated heterocycles. The first kappa shape index (κ1) is 27.7. The lowest BCUT2D eigenvalue weighted by Crippen LogP contribution is -2.55. The van der Waals surface area contributed by atoms with Crippen molar-refractivity contribution in [2.45, 2.75) is 84.4 Å². The molecule has 0 unspecified atom stereocenters. The van der Waals surface area contributed by atoms with Crippen molar-refractivity contribution in [3.8, 4) is 5.75 Å². The average molecular weight is 525 g/mol. The summed E-state index contributed by atoms with van der Waals surface area (Å²) < 4.78 is 10.8. The van der Waals surface area contributed by atoms with Crippen LogP contribution in [0, 0.1) is 11.3 Å². The summed E-state index contributed by atoms with van der Waals surface area (Å²) >= 11 is 0. The molecule has 2 amide bonds. The molecule has 9 nitrogen and oxygen atoms in total. The third-order valence-corrected chi connectivity index (χ3v) is 7.47. The van der Waals surface area contributed by atoms with Crippen LogP contribution in [0.1, 0.15) is 71.9 Å². The third kappa shape index (κ3) is 6.74. The first-order valence-electron chi connectivity index (χ1n) is 13.6. The summed E-state index contributed by atoms with van der Waals surface area (Å²) in [6.45, 7) is 8.68. The van der Waals surface area contributed by atoms with Crippen molar-refractivity contribution in [2.75, 3.05) is 13.7 Å². The van der Waals surface area contributed by atoms with Crippen LogP contribution in [0.25, 0.3) is 17.1 Å². The molecule has 9 heteroatoms. The maximum Gasteiger partial charge on any atom is 0.408 e. The number of fused-ring (bicyclic) bond motifs is 1. The van der Waals surface area contributed by atoms with Crippen LogP contribution in [0.5, 0.6) is 5.75 Å². The minimum absolute atomic E-state index is 0.0296. The second-order valence-electron chi connectivity index (χ2n) is 11.6. The van der Waals surface area contributed by atoms with E-state index < -0.39 is 17.6 Å². The number of H-pyrrole nitrogens is 1. The van der Waals surface area contributed by atoms with Crippen LogP contribution >= 0.6 is 0 Å². The number of nitrogens with one attached hydrogen (secondary N) is 2. The number of ether oxygens (including phenoxy) is 2. The highest BCUT2D eigenvalue weighted by Gasteiger charge is 2.42. The number of alkyl carbamates (subject to hydrolysis) is 1. The molecule has 1 saturated carbocycles. The molecule has 38 heavy (non-hydrogen) atoms. The van der Waals surface area contributed by atoms with Crippen molar-refractivity contribution in [3.05, 3.63) is 40.3 Å². The zero-order valence-electron chi connectivity index (χ0n) is 23.1. The third-order valence-electron chi connectivity index (χ3n) is 7.47. The molecular formula is C29H40N4O5. The summed E-state index contributed by atoms with van der Waals surface area (Å²) in [5.41, 5.74) is 1.06. The highest BCUT2D eigenvalue weighted by Crippen LogP contribution is 2.38. The Morgan fingerprint density at radius 2 is 2.11 bits per heavy atom. The van der Waals surface area contributed by atoms with E-state index >= 15 is 0 Å². The van der Waals surface area contributed by atoms with Crippen molar-refractivity contribution >= 4 is 29.1 Å². The Hall–Kier alpha value is -3.36. The zero-order chi connectivity index (χ0) is 27.4. The maximum atomic E-state index is 13.1. The van der Waals surface area contributed by atoms with Crippen LogP contribution < -0.4 is 15.6 Å². The minimum atomic E-state index is -0.619. The molecule has 2 N–H and O–H groups in total. The van der Waals surface area contributed by atoms with E-state index in [9.17, 15) is 14.4 Å². The highest BCUT2D eigenvalue weighted by atomic mass is 16.6. The van der Waals surface area contributed by atoms with Gasteiger partial charge in [-0.25, -0.2) is 9.78 Å². The standard InChI is InChI=1S/C29H40N4O5/c1-18-10-9-15-33(18)27(35)25(29(2,3)4)32-28(36)38-24-16-19(24)11-7-6-8-12-22-26(34)31-23-17-20(37-5)13-14-21(23)30-22/h8,12-14,17-19,24-25H,6-7,9-11,15-16H2,1-5H3,(H,31,34)(H,32,36)/b12-8+/t18-,19-,24-,25-/m1/s1. The molecule has 0 radical (unpaired) electrons. The van der Waals surface area contributed by atoms with Crippen LogP contribution in [-0.2, 0) is 9.53 Å². The summed E-state index contributed by atoms with van der Waals surface area (Å²) in [5.74, 6) is 0.962. The molecule has 4 rings (SSSR count). The van der Waals surface area contributed by atoms with Gasteiger partial charge in [-0.15, -0.1) is 0 Å². The second-order valence-corrected chi connectivity index (χ2v) is 11.6. The van der Waals surface area contributed by atoms with Gasteiger partial charge in [0.2, 0.25) is 5.91 Å². The summed E-state index contributed by atoms with van der Waals surface area (Å²) in [6.07, 6.45) is 8.56. The van der Waals surface area contributed by atoms with Gasteiger partial charge in [-0.3, -0.25) is 9.59 Å². The number of amides is 2. The van der Waals surface area contributed by atoms with E-state index in [4.69, 9.17) is 9.47 Å². The fourth-order valence-corrected chi connectivity index (χ4v) is 5.04. The van der Waals surface area contributed by atoms with E-state index in [0.29, 0.717) is 28.4 Å². The fourth-order valence-electron chi connectivity index (χ4n) is 5.04. The first-order chi connectivity index (χ1) is 18.1. The van der Waals surface area contributed by atoms with Crippen LogP contribution in [-0.4, -0.2) is 58.7 Å². The Balaban J connectivity index is 1.21. The quantitative estimate of drug-likeness (QED) is 0.462. The molecule has 0 spiro atoms. The van der Waals surface area contributed by atoms with E-state index in [1.165, 1.54) is 0 Å². The molecular weight excluding hydrogens is 484 g/mol. The number of carbonyl (C=O) groups is 2. The number of carbonyl (C=O) groups excluding carboxylic acids is 2. The van der Waals surface area contributed by atoms with E-state index in [1.54, 1.807) is 19.3 Å². The van der Waals surface area contributed by atoms with Gasteiger partial charge in [0.25, 0.3) is 5.56 Å². The van der Waals surface area contributed by atoms with Gasteiger partial charge in [0.15, 0.2) is 0 Å². The van der Waals surface area contributed by atoms with Crippen LogP contribution in [0.3, 0.4) is 0 Å². The Kier molecular flexibility index (Phi) is 8.43. The van der Waals surface area contributed by atoms with Gasteiger partial charge in [0.1, 0.15) is 23.6 Å². The predicted molar refractivity (Wildman–Crippen MR) is 147 cm³/mol. The van der Waals surface area contributed by atoms with E-state index in [0.717, 1.165) is 45.1 Å². The molecule has 1 aliphatic heterocycles. The Morgan fingerprint density at radius 1 is 1.32 bits per heavy atom. The van der Waals surface area contributed by atoms with Crippen molar-refractivity contribution < 1.29 is 19.1 Å². The fraction of sp³-hybridized carbons (Fsp3) is 0.586. The van der Waals surface area contributed by atoms with Gasteiger partial charge in [0, 0.05) is 18.7 Å². The molecule has 1 aliphatic carbocycles. The number of aromatic nitrogens is 2. The van der Waals surface area contributed by atoms with Gasteiger partial charge < -0.3 is 24.7 Å². The number of methoxy groups -OCH3 is 1. The first-order valence-corrected chi connectivity index (χ1v) is 13.6. The van der Waals surface area contributed by atoms with Gasteiger partial charge in [-0.05, 0) is 75.0 Å².